The van der Waals surface area contributed by atoms with Crippen LogP contribution in [0, 0.1) is 5.82 Å². The second-order valence-electron chi connectivity index (χ2n) is 5.77. The Morgan fingerprint density at radius 2 is 1.78 bits per heavy atom. The summed E-state index contributed by atoms with van der Waals surface area (Å²) < 4.78 is 16.8. The average Bonchev–Trinajstić information content (AvgIpc) is 2.98. The van der Waals surface area contributed by atoms with Gasteiger partial charge in [0, 0.05) is 0 Å². The SMILES string of the molecule is Fc1ccc(C(Cl)(Cn2cncn2)C2(n3cncn3)CC2)cc1. The molecule has 1 atom stereocenters. The van der Waals surface area contributed by atoms with Crippen LogP contribution < -0.4 is 0 Å². The van der Waals surface area contributed by atoms with E-state index < -0.39 is 10.4 Å². The smallest absolute Gasteiger partial charge is 0.137 e. The standard InChI is InChI=1S/C15H14ClFN6/c16-15(7-22-10-18-8-20-22,12-1-3-13(17)4-2-12)14(5-6-14)23-11-19-9-21-23/h1-4,8-11H,5-7H2. The first kappa shape index (κ1) is 14.3. The van der Waals surface area contributed by atoms with Crippen LogP contribution in [0.3, 0.4) is 0 Å². The maximum atomic E-state index is 13.3. The quantitative estimate of drug-likeness (QED) is 0.673. The lowest BCUT2D eigenvalue weighted by atomic mass is 9.88. The third-order valence-electron chi connectivity index (χ3n) is 4.47. The number of hydrogen-bond donors (Lipinski definition) is 0. The molecule has 4 rings (SSSR count). The van der Waals surface area contributed by atoms with E-state index >= 15 is 0 Å². The lowest BCUT2D eigenvalue weighted by Gasteiger charge is -2.36. The van der Waals surface area contributed by atoms with Gasteiger partial charge in [-0.25, -0.2) is 19.0 Å². The monoisotopic (exact) mass is 332 g/mol. The number of hydrogen-bond acceptors (Lipinski definition) is 4. The molecule has 1 fully saturated rings. The van der Waals surface area contributed by atoms with Gasteiger partial charge in [-0.2, -0.15) is 10.2 Å². The van der Waals surface area contributed by atoms with Crippen LogP contribution >= 0.6 is 11.6 Å². The third-order valence-corrected chi connectivity index (χ3v) is 5.16. The molecule has 2 heterocycles. The highest BCUT2D eigenvalue weighted by atomic mass is 35.5. The molecular weight excluding hydrogens is 319 g/mol. The van der Waals surface area contributed by atoms with Crippen molar-refractivity contribution >= 4 is 11.6 Å². The molecule has 0 saturated heterocycles. The Labute approximate surface area is 136 Å². The lowest BCUT2D eigenvalue weighted by molar-refractivity contribution is 0.272. The van der Waals surface area contributed by atoms with Crippen molar-refractivity contribution < 1.29 is 4.39 Å². The molecule has 1 aliphatic rings. The number of nitrogens with zero attached hydrogens (tertiary/aromatic N) is 6. The molecule has 0 spiro atoms. The summed E-state index contributed by atoms with van der Waals surface area (Å²) in [7, 11) is 0. The minimum atomic E-state index is -0.831. The molecule has 0 radical (unpaired) electrons. The van der Waals surface area contributed by atoms with Gasteiger partial charge in [-0.3, -0.25) is 4.68 Å². The number of aromatic nitrogens is 6. The largest absolute Gasteiger partial charge is 0.251 e. The predicted octanol–water partition coefficient (Wildman–Crippen LogP) is 2.33. The molecule has 23 heavy (non-hydrogen) atoms. The highest BCUT2D eigenvalue weighted by Gasteiger charge is 2.62. The number of halogens is 2. The van der Waals surface area contributed by atoms with Crippen molar-refractivity contribution in [3.8, 4) is 0 Å². The molecule has 0 aliphatic heterocycles. The normalized spacial score (nSPS) is 18.5. The van der Waals surface area contributed by atoms with Gasteiger partial charge in [0.15, 0.2) is 0 Å². The van der Waals surface area contributed by atoms with Gasteiger partial charge < -0.3 is 0 Å². The second kappa shape index (κ2) is 5.13. The van der Waals surface area contributed by atoms with Crippen molar-refractivity contribution in [3.05, 3.63) is 61.0 Å². The molecule has 0 N–H and O–H groups in total. The van der Waals surface area contributed by atoms with Crippen molar-refractivity contribution in [2.75, 3.05) is 0 Å². The number of benzene rings is 1. The van der Waals surface area contributed by atoms with Crippen LogP contribution in [-0.2, 0) is 17.0 Å². The van der Waals surface area contributed by atoms with Gasteiger partial charge >= 0.3 is 0 Å². The summed E-state index contributed by atoms with van der Waals surface area (Å²) in [6.07, 6.45) is 8.00. The van der Waals surface area contributed by atoms with Crippen LogP contribution in [0.4, 0.5) is 4.39 Å². The summed E-state index contributed by atoms with van der Waals surface area (Å²) in [4.78, 5) is 7.19. The van der Waals surface area contributed by atoms with E-state index in [4.69, 9.17) is 11.6 Å². The molecular formula is C15H14ClFN6. The molecule has 6 nitrogen and oxygen atoms in total. The molecule has 3 aromatic rings. The Hall–Kier alpha value is -2.28. The van der Waals surface area contributed by atoms with Crippen molar-refractivity contribution in [1.29, 1.82) is 0 Å². The topological polar surface area (TPSA) is 61.4 Å². The van der Waals surface area contributed by atoms with E-state index in [1.807, 2.05) is 0 Å². The van der Waals surface area contributed by atoms with Crippen LogP contribution in [0.2, 0.25) is 0 Å². The van der Waals surface area contributed by atoms with Gasteiger partial charge in [0.25, 0.3) is 0 Å². The molecule has 1 aromatic carbocycles. The van der Waals surface area contributed by atoms with Gasteiger partial charge in [-0.1, -0.05) is 12.1 Å². The summed E-state index contributed by atoms with van der Waals surface area (Å²) >= 11 is 7.15. The summed E-state index contributed by atoms with van der Waals surface area (Å²) in [6.45, 7) is 0.403. The summed E-state index contributed by atoms with van der Waals surface area (Å²) in [5.41, 5.74) is 0.415. The maximum Gasteiger partial charge on any atom is 0.137 e. The summed E-state index contributed by atoms with van der Waals surface area (Å²) in [5, 5.41) is 8.46. The average molecular weight is 333 g/mol. The van der Waals surface area contributed by atoms with Crippen LogP contribution in [0.1, 0.15) is 18.4 Å². The first-order valence-corrected chi connectivity index (χ1v) is 7.64. The van der Waals surface area contributed by atoms with Gasteiger partial charge in [-0.05, 0) is 30.5 Å². The van der Waals surface area contributed by atoms with Gasteiger partial charge in [0.2, 0.25) is 0 Å². The minimum Gasteiger partial charge on any atom is -0.251 e. The van der Waals surface area contributed by atoms with Gasteiger partial charge in [0.05, 0.1) is 12.1 Å². The molecule has 2 aromatic heterocycles. The lowest BCUT2D eigenvalue weighted by Crippen LogP contribution is -2.43. The van der Waals surface area contributed by atoms with E-state index in [0.29, 0.717) is 6.54 Å². The number of alkyl halides is 1. The van der Waals surface area contributed by atoms with Crippen LogP contribution in [-0.4, -0.2) is 29.5 Å². The van der Waals surface area contributed by atoms with Crippen molar-refractivity contribution in [1.82, 2.24) is 29.5 Å². The Morgan fingerprint density at radius 3 is 2.35 bits per heavy atom. The zero-order chi connectivity index (χ0) is 15.9. The molecule has 0 amide bonds. The van der Waals surface area contributed by atoms with E-state index in [0.717, 1.165) is 18.4 Å². The van der Waals surface area contributed by atoms with Gasteiger partial charge in [0.1, 0.15) is 36.0 Å². The van der Waals surface area contributed by atoms with Crippen molar-refractivity contribution in [2.24, 2.45) is 0 Å². The fourth-order valence-electron chi connectivity index (χ4n) is 3.11. The van der Waals surface area contributed by atoms with Gasteiger partial charge in [-0.15, -0.1) is 11.6 Å². The molecule has 1 saturated carbocycles. The van der Waals surface area contributed by atoms with Crippen LogP contribution in [0.25, 0.3) is 0 Å². The molecule has 118 valence electrons. The number of rotatable bonds is 5. The highest BCUT2D eigenvalue weighted by Crippen LogP contribution is 2.60. The zero-order valence-electron chi connectivity index (χ0n) is 12.2. The molecule has 0 bridgehead atoms. The van der Waals surface area contributed by atoms with E-state index in [1.165, 1.54) is 24.8 Å². The van der Waals surface area contributed by atoms with Crippen molar-refractivity contribution in [2.45, 2.75) is 29.8 Å². The Balaban J connectivity index is 1.82. The first-order valence-electron chi connectivity index (χ1n) is 7.27. The predicted molar refractivity (Wildman–Crippen MR) is 81.2 cm³/mol. The minimum absolute atomic E-state index is 0.292. The summed E-state index contributed by atoms with van der Waals surface area (Å²) in [5.74, 6) is -0.292. The fourth-order valence-corrected chi connectivity index (χ4v) is 3.64. The molecule has 8 heteroatoms. The third kappa shape index (κ3) is 2.23. The highest BCUT2D eigenvalue weighted by molar-refractivity contribution is 6.25. The van der Waals surface area contributed by atoms with Crippen molar-refractivity contribution in [3.63, 3.8) is 0 Å². The van der Waals surface area contributed by atoms with E-state index in [9.17, 15) is 4.39 Å². The first-order chi connectivity index (χ1) is 11.1. The molecule has 1 unspecified atom stereocenters. The Morgan fingerprint density at radius 1 is 1.09 bits per heavy atom. The Bertz CT molecular complexity index is 782. The van der Waals surface area contributed by atoms with Crippen LogP contribution in [0.5, 0.6) is 0 Å². The maximum absolute atomic E-state index is 13.3. The fraction of sp³-hybridized carbons (Fsp3) is 0.333. The van der Waals surface area contributed by atoms with Crippen LogP contribution in [0.15, 0.2) is 49.6 Å². The van der Waals surface area contributed by atoms with E-state index in [-0.39, 0.29) is 5.82 Å². The second-order valence-corrected chi connectivity index (χ2v) is 6.42. The van der Waals surface area contributed by atoms with E-state index in [1.54, 1.807) is 34.2 Å². The summed E-state index contributed by atoms with van der Waals surface area (Å²) in [6, 6.07) is 6.28. The van der Waals surface area contributed by atoms with E-state index in [2.05, 4.69) is 20.2 Å². The Kier molecular flexibility index (Phi) is 3.19. The zero-order valence-corrected chi connectivity index (χ0v) is 12.9. The molecule has 1 aliphatic carbocycles.